The summed E-state index contributed by atoms with van der Waals surface area (Å²) in [5, 5.41) is 24.5. The lowest BCUT2D eigenvalue weighted by molar-refractivity contribution is -0.120. The number of nitrogens with zero attached hydrogens (tertiary/aromatic N) is 5. The topological polar surface area (TPSA) is 122 Å². The van der Waals surface area contributed by atoms with Crippen molar-refractivity contribution in [1.29, 1.82) is 0 Å². The number of carbonyl (C=O) groups excluding carboxylic acids is 2. The quantitative estimate of drug-likeness (QED) is 0.566. The summed E-state index contributed by atoms with van der Waals surface area (Å²) < 4.78 is 6.94. The van der Waals surface area contributed by atoms with Gasteiger partial charge in [-0.2, -0.15) is 20.0 Å². The molecule has 10 nitrogen and oxygen atoms in total. The lowest BCUT2D eigenvalue weighted by Gasteiger charge is -2.20. The molecule has 1 aromatic carbocycles. The number of nitrogens with one attached hydrogen (secondary N) is 1. The molecule has 0 aliphatic carbocycles. The number of amides is 2. The van der Waals surface area contributed by atoms with Gasteiger partial charge in [-0.1, -0.05) is 11.8 Å². The van der Waals surface area contributed by atoms with Crippen LogP contribution in [-0.2, 0) is 11.2 Å². The number of hydrogen-bond acceptors (Lipinski definition) is 7. The Labute approximate surface area is 196 Å². The Morgan fingerprint density at radius 1 is 1.35 bits per heavy atom. The molecule has 34 heavy (non-hydrogen) atoms. The molecule has 0 spiro atoms. The van der Waals surface area contributed by atoms with Gasteiger partial charge in [-0.25, -0.2) is 4.79 Å². The van der Waals surface area contributed by atoms with Crippen molar-refractivity contribution in [1.82, 2.24) is 25.3 Å². The van der Waals surface area contributed by atoms with E-state index in [1.807, 2.05) is 6.07 Å². The van der Waals surface area contributed by atoms with Crippen LogP contribution in [0.1, 0.15) is 30.7 Å². The van der Waals surface area contributed by atoms with Crippen molar-refractivity contribution < 1.29 is 19.4 Å². The molecule has 0 saturated carbocycles. The van der Waals surface area contributed by atoms with Gasteiger partial charge < -0.3 is 20.1 Å². The molecule has 4 rings (SSSR count). The van der Waals surface area contributed by atoms with Gasteiger partial charge in [-0.3, -0.25) is 4.79 Å². The van der Waals surface area contributed by atoms with Crippen molar-refractivity contribution in [3.8, 4) is 17.6 Å². The maximum atomic E-state index is 13.1. The molecule has 0 fully saturated rings. The van der Waals surface area contributed by atoms with Gasteiger partial charge in [-0.05, 0) is 49.7 Å². The van der Waals surface area contributed by atoms with Crippen LogP contribution < -0.4 is 15.0 Å². The first-order valence-corrected chi connectivity index (χ1v) is 10.6. The van der Waals surface area contributed by atoms with Crippen molar-refractivity contribution in [2.75, 3.05) is 18.6 Å². The van der Waals surface area contributed by atoms with Crippen LogP contribution in [0.5, 0.6) is 5.75 Å². The summed E-state index contributed by atoms with van der Waals surface area (Å²) in [4.78, 5) is 27.2. The monoisotopic (exact) mass is 460 g/mol. The van der Waals surface area contributed by atoms with Crippen LogP contribution in [-0.4, -0.2) is 62.3 Å². The largest absolute Gasteiger partial charge is 0.489 e. The van der Waals surface area contributed by atoms with E-state index in [1.54, 1.807) is 63.8 Å². The molecular formula is C24H24N6O4. The Morgan fingerprint density at radius 2 is 2.18 bits per heavy atom. The van der Waals surface area contributed by atoms with E-state index in [2.05, 4.69) is 32.5 Å². The highest BCUT2D eigenvalue weighted by Crippen LogP contribution is 2.31. The van der Waals surface area contributed by atoms with E-state index in [1.165, 1.54) is 4.90 Å². The standard InChI is InChI=1S/C24H24N6O4/c1-24(2,33)9-8-16-6-7-21-20(12-16)29(3)22(31)19(15-34-21)27-23(32)30-14-17(13-26-30)11-18-5-4-10-25-28-18/h4-7,10,12-14,19,33H,11,15H2,1-3H3,(H,27,32). The zero-order valence-corrected chi connectivity index (χ0v) is 19.0. The first-order chi connectivity index (χ1) is 16.2. The molecule has 1 unspecified atom stereocenters. The number of likely N-dealkylation sites (N-methyl/N-ethyl adjacent to an activating group) is 1. The van der Waals surface area contributed by atoms with E-state index in [0.29, 0.717) is 23.4 Å². The summed E-state index contributed by atoms with van der Waals surface area (Å²) in [6.45, 7) is 3.14. The number of rotatable bonds is 3. The number of hydrogen-bond donors (Lipinski definition) is 2. The zero-order valence-electron chi connectivity index (χ0n) is 19.0. The molecule has 3 aromatic rings. The van der Waals surface area contributed by atoms with Gasteiger partial charge in [0.2, 0.25) is 0 Å². The fourth-order valence-corrected chi connectivity index (χ4v) is 3.32. The molecular weight excluding hydrogens is 436 g/mol. The van der Waals surface area contributed by atoms with Crippen LogP contribution in [0.3, 0.4) is 0 Å². The van der Waals surface area contributed by atoms with Crippen LogP contribution in [0.15, 0.2) is 48.9 Å². The molecule has 174 valence electrons. The van der Waals surface area contributed by atoms with Crippen LogP contribution in [0, 0.1) is 11.8 Å². The van der Waals surface area contributed by atoms with Crippen molar-refractivity contribution in [3.63, 3.8) is 0 Å². The Bertz CT molecular complexity index is 1270. The third-order valence-corrected chi connectivity index (χ3v) is 5.02. The van der Waals surface area contributed by atoms with Crippen molar-refractivity contribution >= 4 is 17.6 Å². The van der Waals surface area contributed by atoms with Crippen molar-refractivity contribution in [3.05, 3.63) is 65.7 Å². The summed E-state index contributed by atoms with van der Waals surface area (Å²) in [6, 6.07) is 7.33. The maximum Gasteiger partial charge on any atom is 0.342 e. The number of fused-ring (bicyclic) bond motifs is 1. The van der Waals surface area contributed by atoms with Gasteiger partial charge >= 0.3 is 6.03 Å². The average molecular weight is 460 g/mol. The third kappa shape index (κ3) is 5.39. The van der Waals surface area contributed by atoms with Crippen LogP contribution in [0.2, 0.25) is 0 Å². The van der Waals surface area contributed by atoms with E-state index in [4.69, 9.17) is 4.74 Å². The fourth-order valence-electron chi connectivity index (χ4n) is 3.32. The zero-order chi connectivity index (χ0) is 24.3. The summed E-state index contributed by atoms with van der Waals surface area (Å²) in [5.74, 6) is 5.79. The smallest absolute Gasteiger partial charge is 0.342 e. The van der Waals surface area contributed by atoms with Crippen molar-refractivity contribution in [2.45, 2.75) is 31.9 Å². The minimum Gasteiger partial charge on any atom is -0.489 e. The molecule has 1 atom stereocenters. The molecule has 2 N–H and O–H groups in total. The molecule has 0 radical (unpaired) electrons. The van der Waals surface area contributed by atoms with E-state index >= 15 is 0 Å². The summed E-state index contributed by atoms with van der Waals surface area (Å²) in [7, 11) is 1.61. The van der Waals surface area contributed by atoms with Gasteiger partial charge in [0.05, 0.1) is 17.6 Å². The van der Waals surface area contributed by atoms with Gasteiger partial charge in [0.25, 0.3) is 5.91 Å². The number of aliphatic hydroxyl groups is 1. The fraction of sp³-hybridized carbons (Fsp3) is 0.292. The normalized spacial score (nSPS) is 15.5. The van der Waals surface area contributed by atoms with E-state index in [9.17, 15) is 14.7 Å². The minimum absolute atomic E-state index is 0.0374. The van der Waals surface area contributed by atoms with E-state index in [-0.39, 0.29) is 12.5 Å². The first-order valence-electron chi connectivity index (χ1n) is 10.6. The predicted octanol–water partition coefficient (Wildman–Crippen LogP) is 1.37. The second-order valence-electron chi connectivity index (χ2n) is 8.39. The first kappa shape index (κ1) is 22.9. The van der Waals surface area contributed by atoms with Crippen LogP contribution >= 0.6 is 0 Å². The summed E-state index contributed by atoms with van der Waals surface area (Å²) in [6.07, 6.45) is 5.21. The highest BCUT2D eigenvalue weighted by Gasteiger charge is 2.31. The van der Waals surface area contributed by atoms with E-state index in [0.717, 1.165) is 15.9 Å². The lowest BCUT2D eigenvalue weighted by atomic mass is 10.1. The lowest BCUT2D eigenvalue weighted by Crippen LogP contribution is -2.50. The third-order valence-electron chi connectivity index (χ3n) is 5.02. The second-order valence-corrected chi connectivity index (χ2v) is 8.39. The summed E-state index contributed by atoms with van der Waals surface area (Å²) in [5.41, 5.74) is 1.54. The Morgan fingerprint density at radius 3 is 2.91 bits per heavy atom. The number of benzene rings is 1. The Hall–Kier alpha value is -4.23. The number of carbonyl (C=O) groups is 2. The van der Waals surface area contributed by atoms with Crippen LogP contribution in [0.25, 0.3) is 0 Å². The second kappa shape index (κ2) is 9.33. The predicted molar refractivity (Wildman–Crippen MR) is 123 cm³/mol. The van der Waals surface area contributed by atoms with E-state index < -0.39 is 17.7 Å². The Kier molecular flexibility index (Phi) is 6.30. The SMILES string of the molecule is CN1C(=O)C(NC(=O)n2cc(Cc3cccnn3)cn2)COc2ccc(C#CC(C)(C)O)cc21. The molecule has 0 bridgehead atoms. The molecule has 1 aliphatic rings. The highest BCUT2D eigenvalue weighted by molar-refractivity contribution is 6.00. The van der Waals surface area contributed by atoms with Gasteiger partial charge in [0.1, 0.15) is 24.0 Å². The average Bonchev–Trinajstić information content (AvgIpc) is 3.24. The van der Waals surface area contributed by atoms with Gasteiger partial charge in [0.15, 0.2) is 0 Å². The minimum atomic E-state index is -1.14. The molecule has 3 heterocycles. The highest BCUT2D eigenvalue weighted by atomic mass is 16.5. The number of aromatic nitrogens is 4. The summed E-state index contributed by atoms with van der Waals surface area (Å²) >= 11 is 0. The van der Waals surface area contributed by atoms with Gasteiger partial charge in [0, 0.05) is 31.4 Å². The molecule has 2 aromatic heterocycles. The molecule has 10 heteroatoms. The molecule has 0 saturated heterocycles. The molecule has 1 aliphatic heterocycles. The van der Waals surface area contributed by atoms with Crippen LogP contribution in [0.4, 0.5) is 10.5 Å². The maximum absolute atomic E-state index is 13.1. The molecule has 2 amide bonds. The Balaban J connectivity index is 1.46. The number of ether oxygens (including phenoxy) is 1. The number of anilines is 1. The van der Waals surface area contributed by atoms with Crippen molar-refractivity contribution in [2.24, 2.45) is 0 Å². The van der Waals surface area contributed by atoms with Gasteiger partial charge in [-0.15, -0.1) is 0 Å².